The van der Waals surface area contributed by atoms with Crippen LogP contribution in [0.3, 0.4) is 0 Å². The van der Waals surface area contributed by atoms with Gasteiger partial charge in [-0.25, -0.2) is 0 Å². The lowest BCUT2D eigenvalue weighted by Gasteiger charge is -2.36. The van der Waals surface area contributed by atoms with Crippen LogP contribution in [-0.4, -0.2) is 52.4 Å². The third-order valence-electron chi connectivity index (χ3n) is 5.58. The van der Waals surface area contributed by atoms with Crippen molar-refractivity contribution in [1.29, 1.82) is 0 Å². The Kier molecular flexibility index (Phi) is 5.34. The van der Waals surface area contributed by atoms with Crippen molar-refractivity contribution in [3.05, 3.63) is 76.8 Å². The summed E-state index contributed by atoms with van der Waals surface area (Å²) in [5, 5.41) is 8.01. The number of aryl methyl sites for hydroxylation is 1. The fraction of sp³-hybridized carbons (Fsp3) is 0.208. The highest BCUT2D eigenvalue weighted by atomic mass is 32.2. The van der Waals surface area contributed by atoms with Gasteiger partial charge in [0, 0.05) is 43.0 Å². The highest BCUT2D eigenvalue weighted by Crippen LogP contribution is 2.33. The Hall–Kier alpha value is -3.32. The molecule has 0 saturated carbocycles. The van der Waals surface area contributed by atoms with E-state index in [1.54, 1.807) is 6.20 Å². The number of piperazine rings is 1. The number of H-pyrrole nitrogens is 1. The smallest absolute Gasteiger partial charge is 0.286 e. The summed E-state index contributed by atoms with van der Waals surface area (Å²) in [6.45, 7) is 5.62. The summed E-state index contributed by atoms with van der Waals surface area (Å²) in [6.07, 6.45) is 3.64. The van der Waals surface area contributed by atoms with Crippen molar-refractivity contribution in [2.75, 3.05) is 31.1 Å². The number of benzene rings is 2. The van der Waals surface area contributed by atoms with Gasteiger partial charge in [0.15, 0.2) is 5.17 Å². The van der Waals surface area contributed by atoms with E-state index in [1.807, 2.05) is 36.4 Å². The zero-order valence-electron chi connectivity index (χ0n) is 17.3. The summed E-state index contributed by atoms with van der Waals surface area (Å²) in [5.74, 6) is -0.179. The highest BCUT2D eigenvalue weighted by Gasteiger charge is 2.29. The molecule has 0 aliphatic carbocycles. The van der Waals surface area contributed by atoms with Crippen LogP contribution in [0.25, 0.3) is 17.3 Å². The first-order valence-electron chi connectivity index (χ1n) is 10.4. The Bertz CT molecular complexity index is 1140. The van der Waals surface area contributed by atoms with Crippen LogP contribution in [0.15, 0.2) is 70.7 Å². The second-order valence-corrected chi connectivity index (χ2v) is 8.70. The topological polar surface area (TPSA) is 64.6 Å². The largest absolute Gasteiger partial charge is 0.368 e. The molecular weight excluding hydrogens is 406 g/mol. The molecule has 5 rings (SSSR count). The number of aromatic amines is 1. The number of aromatic nitrogens is 2. The second kappa shape index (κ2) is 8.43. The summed E-state index contributed by atoms with van der Waals surface area (Å²) < 4.78 is 0. The normalized spacial score (nSPS) is 18.0. The molecule has 0 radical (unpaired) electrons. The lowest BCUT2D eigenvalue weighted by molar-refractivity contribution is -0.113. The molecule has 1 N–H and O–H groups in total. The van der Waals surface area contributed by atoms with Crippen molar-refractivity contribution >= 4 is 34.6 Å². The van der Waals surface area contributed by atoms with Gasteiger partial charge in [0.2, 0.25) is 0 Å². The van der Waals surface area contributed by atoms with Crippen LogP contribution in [0, 0.1) is 6.92 Å². The first-order valence-corrected chi connectivity index (χ1v) is 11.2. The Morgan fingerprint density at radius 3 is 2.42 bits per heavy atom. The minimum absolute atomic E-state index is 0.179. The Morgan fingerprint density at radius 1 is 0.968 bits per heavy atom. The number of rotatable bonds is 3. The average molecular weight is 430 g/mol. The number of carbonyl (C=O) groups is 1. The van der Waals surface area contributed by atoms with Gasteiger partial charge < -0.3 is 9.80 Å². The van der Waals surface area contributed by atoms with Crippen molar-refractivity contribution in [2.24, 2.45) is 4.99 Å². The van der Waals surface area contributed by atoms with Gasteiger partial charge in [-0.1, -0.05) is 48.0 Å². The molecular formula is C24H23N5OS. The molecule has 1 amide bonds. The fourth-order valence-corrected chi connectivity index (χ4v) is 4.78. The van der Waals surface area contributed by atoms with Crippen molar-refractivity contribution in [1.82, 2.24) is 15.1 Å². The number of carbonyl (C=O) groups excluding carboxylic acids is 1. The van der Waals surface area contributed by atoms with Gasteiger partial charge in [-0.15, -0.1) is 0 Å². The first-order chi connectivity index (χ1) is 15.2. The van der Waals surface area contributed by atoms with Gasteiger partial charge in [0.1, 0.15) is 0 Å². The zero-order valence-corrected chi connectivity index (χ0v) is 18.1. The zero-order chi connectivity index (χ0) is 21.2. The van der Waals surface area contributed by atoms with E-state index in [1.165, 1.54) is 23.0 Å². The van der Waals surface area contributed by atoms with Crippen molar-refractivity contribution in [3.8, 4) is 11.3 Å². The summed E-state index contributed by atoms with van der Waals surface area (Å²) in [6, 6.07) is 18.6. The monoisotopic (exact) mass is 429 g/mol. The number of nitrogens with zero attached hydrogens (tertiary/aromatic N) is 4. The molecule has 0 bridgehead atoms. The molecule has 31 heavy (non-hydrogen) atoms. The molecule has 2 aromatic carbocycles. The van der Waals surface area contributed by atoms with Crippen LogP contribution in [0.1, 0.15) is 11.1 Å². The molecule has 0 atom stereocenters. The third kappa shape index (κ3) is 4.14. The number of hydrogen-bond donors (Lipinski definition) is 1. The summed E-state index contributed by atoms with van der Waals surface area (Å²) in [7, 11) is 0. The van der Waals surface area contributed by atoms with Crippen LogP contribution in [0.4, 0.5) is 5.69 Å². The van der Waals surface area contributed by atoms with Crippen molar-refractivity contribution < 1.29 is 4.79 Å². The number of anilines is 1. The fourth-order valence-electron chi connectivity index (χ4n) is 3.83. The van der Waals surface area contributed by atoms with E-state index in [4.69, 9.17) is 0 Å². The average Bonchev–Trinajstić information content (AvgIpc) is 3.42. The number of hydrogen-bond acceptors (Lipinski definition) is 5. The Morgan fingerprint density at radius 2 is 1.68 bits per heavy atom. The minimum Gasteiger partial charge on any atom is -0.368 e. The molecule has 7 heteroatoms. The predicted octanol–water partition coefficient (Wildman–Crippen LogP) is 4.18. The molecule has 3 heterocycles. The van der Waals surface area contributed by atoms with E-state index in [0.717, 1.165) is 48.2 Å². The molecule has 156 valence electrons. The molecule has 2 aliphatic rings. The maximum absolute atomic E-state index is 12.6. The van der Waals surface area contributed by atoms with Gasteiger partial charge in [-0.2, -0.15) is 10.1 Å². The Balaban J connectivity index is 1.26. The van der Waals surface area contributed by atoms with E-state index in [0.29, 0.717) is 4.91 Å². The van der Waals surface area contributed by atoms with Crippen LogP contribution in [0.5, 0.6) is 0 Å². The number of amidine groups is 1. The lowest BCUT2D eigenvalue weighted by atomic mass is 10.1. The third-order valence-corrected chi connectivity index (χ3v) is 6.62. The standard InChI is InChI=1S/C24H23N5OS/c1-17-7-9-20(10-8-17)28-11-13-29(14-12-28)24-26-23(30)21(31-24)15-19-16-25-27-22(19)18-5-3-2-4-6-18/h2-10,15-16H,11-14H2,1H3,(H,25,27)/b21-15-. The maximum Gasteiger partial charge on any atom is 0.286 e. The number of aliphatic imine (C=N–C) groups is 1. The molecule has 1 fully saturated rings. The van der Waals surface area contributed by atoms with Crippen molar-refractivity contribution in [2.45, 2.75) is 6.92 Å². The van der Waals surface area contributed by atoms with Gasteiger partial charge >= 0.3 is 0 Å². The SMILES string of the molecule is Cc1ccc(N2CCN(C3=NC(=O)/C(=C/c4cn[nH]c4-c4ccccc4)S3)CC2)cc1. The first kappa shape index (κ1) is 19.6. The summed E-state index contributed by atoms with van der Waals surface area (Å²) in [5.41, 5.74) is 5.35. The number of thioether (sulfide) groups is 1. The van der Waals surface area contributed by atoms with Gasteiger partial charge in [-0.3, -0.25) is 9.89 Å². The summed E-state index contributed by atoms with van der Waals surface area (Å²) >= 11 is 1.45. The van der Waals surface area contributed by atoms with Gasteiger partial charge in [0.25, 0.3) is 5.91 Å². The van der Waals surface area contributed by atoms with Gasteiger partial charge in [0.05, 0.1) is 16.8 Å². The number of amides is 1. The van der Waals surface area contributed by atoms with Gasteiger partial charge in [-0.05, 0) is 36.9 Å². The molecule has 1 aromatic heterocycles. The second-order valence-electron chi connectivity index (χ2n) is 7.69. The van der Waals surface area contributed by atoms with Crippen LogP contribution < -0.4 is 4.90 Å². The summed E-state index contributed by atoms with van der Waals surface area (Å²) in [4.78, 5) is 22.1. The van der Waals surface area contributed by atoms with E-state index in [2.05, 4.69) is 56.2 Å². The predicted molar refractivity (Wildman–Crippen MR) is 127 cm³/mol. The molecule has 3 aromatic rings. The van der Waals surface area contributed by atoms with E-state index < -0.39 is 0 Å². The lowest BCUT2D eigenvalue weighted by Crippen LogP contribution is -2.47. The van der Waals surface area contributed by atoms with Crippen molar-refractivity contribution in [3.63, 3.8) is 0 Å². The quantitative estimate of drug-likeness (QED) is 0.633. The highest BCUT2D eigenvalue weighted by molar-refractivity contribution is 8.18. The molecule has 6 nitrogen and oxygen atoms in total. The Labute approximate surface area is 185 Å². The number of nitrogens with one attached hydrogen (secondary N) is 1. The van der Waals surface area contributed by atoms with Crippen LogP contribution in [-0.2, 0) is 4.79 Å². The van der Waals surface area contributed by atoms with E-state index >= 15 is 0 Å². The molecule has 0 spiro atoms. The van der Waals surface area contributed by atoms with E-state index in [-0.39, 0.29) is 5.91 Å². The maximum atomic E-state index is 12.6. The van der Waals surface area contributed by atoms with Crippen LogP contribution in [0.2, 0.25) is 0 Å². The molecule has 1 saturated heterocycles. The molecule has 2 aliphatic heterocycles. The minimum atomic E-state index is -0.179. The van der Waals surface area contributed by atoms with Crippen LogP contribution >= 0.6 is 11.8 Å². The van der Waals surface area contributed by atoms with E-state index in [9.17, 15) is 4.79 Å². The molecule has 0 unspecified atom stereocenters.